The first-order valence-corrected chi connectivity index (χ1v) is 10.2. The van der Waals surface area contributed by atoms with E-state index in [0.29, 0.717) is 11.6 Å². The molecule has 1 amide bonds. The number of carbonyl (C=O) groups excluding carboxylic acids is 1. The average Bonchev–Trinajstić information content (AvgIpc) is 3.01. The van der Waals surface area contributed by atoms with E-state index in [2.05, 4.69) is 24.1 Å². The smallest absolute Gasteiger partial charge is 0.271 e. The Kier molecular flexibility index (Phi) is 6.28. The number of carbonyl (C=O) groups is 1. The van der Waals surface area contributed by atoms with Crippen molar-refractivity contribution in [1.82, 2.24) is 10.3 Å². The molecule has 1 unspecified atom stereocenters. The molecular formula is C16H22N4O3S2. The summed E-state index contributed by atoms with van der Waals surface area (Å²) < 4.78 is 22.4. The Hall–Kier alpha value is -1.81. The second-order valence-corrected chi connectivity index (χ2v) is 8.63. The van der Waals surface area contributed by atoms with Gasteiger partial charge < -0.3 is 11.1 Å². The van der Waals surface area contributed by atoms with E-state index in [4.69, 9.17) is 10.9 Å². The summed E-state index contributed by atoms with van der Waals surface area (Å²) in [6.45, 7) is 4.43. The van der Waals surface area contributed by atoms with Gasteiger partial charge in [0, 0.05) is 11.9 Å². The molecule has 0 aliphatic heterocycles. The zero-order chi connectivity index (χ0) is 18.6. The maximum atomic E-state index is 12.2. The number of sulfonamides is 1. The average molecular weight is 383 g/mol. The molecule has 0 saturated carbocycles. The van der Waals surface area contributed by atoms with E-state index in [1.54, 1.807) is 17.5 Å². The Bertz CT molecular complexity index is 829. The second-order valence-electron chi connectivity index (χ2n) is 6.18. The van der Waals surface area contributed by atoms with Gasteiger partial charge in [-0.1, -0.05) is 26.0 Å². The number of nitrogens with two attached hydrogens (primary N) is 2. The van der Waals surface area contributed by atoms with Crippen LogP contribution in [0.4, 0.5) is 0 Å². The maximum Gasteiger partial charge on any atom is 0.271 e. The summed E-state index contributed by atoms with van der Waals surface area (Å²) in [5.74, 6) is 0.159. The van der Waals surface area contributed by atoms with E-state index in [-0.39, 0.29) is 23.4 Å². The zero-order valence-electron chi connectivity index (χ0n) is 14.1. The Morgan fingerprint density at radius 3 is 2.48 bits per heavy atom. The van der Waals surface area contributed by atoms with Crippen LogP contribution in [-0.4, -0.2) is 19.3 Å². The van der Waals surface area contributed by atoms with Gasteiger partial charge in [0.25, 0.3) is 5.91 Å². The van der Waals surface area contributed by atoms with Crippen LogP contribution in [0.1, 0.15) is 47.4 Å². The summed E-state index contributed by atoms with van der Waals surface area (Å²) in [7, 11) is -3.72. The third-order valence-corrected chi connectivity index (χ3v) is 5.41. The van der Waals surface area contributed by atoms with Gasteiger partial charge in [0.2, 0.25) is 10.0 Å². The minimum Gasteiger partial charge on any atom is -0.347 e. The molecule has 0 bridgehead atoms. The number of hydrogen-bond acceptors (Lipinski definition) is 6. The molecule has 25 heavy (non-hydrogen) atoms. The van der Waals surface area contributed by atoms with Gasteiger partial charge in [0.15, 0.2) is 0 Å². The molecule has 1 atom stereocenters. The van der Waals surface area contributed by atoms with Crippen molar-refractivity contribution in [2.24, 2.45) is 16.8 Å². The molecule has 1 heterocycles. The van der Waals surface area contributed by atoms with Gasteiger partial charge in [-0.05, 0) is 30.0 Å². The number of amides is 1. The molecule has 2 aromatic rings. The summed E-state index contributed by atoms with van der Waals surface area (Å²) >= 11 is 1.38. The summed E-state index contributed by atoms with van der Waals surface area (Å²) in [4.78, 5) is 16.5. The monoisotopic (exact) mass is 382 g/mol. The van der Waals surface area contributed by atoms with Crippen molar-refractivity contribution in [1.29, 1.82) is 0 Å². The van der Waals surface area contributed by atoms with Gasteiger partial charge >= 0.3 is 0 Å². The van der Waals surface area contributed by atoms with Crippen molar-refractivity contribution in [2.75, 3.05) is 0 Å². The van der Waals surface area contributed by atoms with Crippen LogP contribution < -0.4 is 16.2 Å². The van der Waals surface area contributed by atoms with Crippen molar-refractivity contribution >= 4 is 27.3 Å². The van der Waals surface area contributed by atoms with E-state index in [0.717, 1.165) is 17.0 Å². The number of benzene rings is 1. The molecule has 0 radical (unpaired) electrons. The highest BCUT2D eigenvalue weighted by Gasteiger charge is 2.16. The lowest BCUT2D eigenvalue weighted by Gasteiger charge is -2.10. The Morgan fingerprint density at radius 1 is 1.28 bits per heavy atom. The van der Waals surface area contributed by atoms with E-state index >= 15 is 0 Å². The Labute approximate surface area is 151 Å². The van der Waals surface area contributed by atoms with Crippen LogP contribution in [0.5, 0.6) is 0 Å². The number of nitrogens with one attached hydrogen (secondary N) is 1. The number of primary sulfonamides is 1. The van der Waals surface area contributed by atoms with Crippen molar-refractivity contribution in [3.8, 4) is 0 Å². The fourth-order valence-corrected chi connectivity index (χ4v) is 3.57. The SMILES string of the molecule is CC(C)CC(N)c1nc(C(=O)NCc2ccc(S(N)(=O)=O)cc2)cs1. The Balaban J connectivity index is 1.95. The molecule has 5 N–H and O–H groups in total. The topological polar surface area (TPSA) is 128 Å². The van der Waals surface area contributed by atoms with Gasteiger partial charge in [0.05, 0.1) is 10.9 Å². The summed E-state index contributed by atoms with van der Waals surface area (Å²) in [5.41, 5.74) is 7.17. The van der Waals surface area contributed by atoms with Crippen LogP contribution in [0.15, 0.2) is 34.5 Å². The van der Waals surface area contributed by atoms with E-state index < -0.39 is 10.0 Å². The number of thiazole rings is 1. The molecule has 0 aliphatic rings. The highest BCUT2D eigenvalue weighted by Crippen LogP contribution is 2.22. The molecule has 1 aromatic carbocycles. The van der Waals surface area contributed by atoms with Crippen LogP contribution in [0.3, 0.4) is 0 Å². The van der Waals surface area contributed by atoms with Crippen LogP contribution in [0.2, 0.25) is 0 Å². The van der Waals surface area contributed by atoms with Crippen molar-refractivity contribution in [2.45, 2.75) is 37.8 Å². The van der Waals surface area contributed by atoms with E-state index in [9.17, 15) is 13.2 Å². The van der Waals surface area contributed by atoms with Crippen LogP contribution >= 0.6 is 11.3 Å². The highest BCUT2D eigenvalue weighted by molar-refractivity contribution is 7.89. The standard InChI is InChI=1S/C16H22N4O3S2/c1-10(2)7-13(17)16-20-14(9-24-16)15(21)19-8-11-3-5-12(6-4-11)25(18,22)23/h3-6,9-10,13H,7-8,17H2,1-2H3,(H,19,21)(H2,18,22,23). The van der Waals surface area contributed by atoms with Crippen LogP contribution in [-0.2, 0) is 16.6 Å². The lowest BCUT2D eigenvalue weighted by atomic mass is 10.1. The fourth-order valence-electron chi connectivity index (χ4n) is 2.24. The summed E-state index contributed by atoms with van der Waals surface area (Å²) in [6, 6.07) is 5.85. The van der Waals surface area contributed by atoms with Gasteiger partial charge in [-0.2, -0.15) is 0 Å². The quantitative estimate of drug-likeness (QED) is 0.672. The molecule has 1 aromatic heterocycles. The molecule has 9 heteroatoms. The van der Waals surface area contributed by atoms with Gasteiger partial charge in [-0.15, -0.1) is 11.3 Å². The summed E-state index contributed by atoms with van der Waals surface area (Å²) in [6.07, 6.45) is 0.810. The van der Waals surface area contributed by atoms with Crippen molar-refractivity contribution in [3.05, 3.63) is 45.9 Å². The van der Waals surface area contributed by atoms with Gasteiger partial charge in [-0.3, -0.25) is 4.79 Å². The zero-order valence-corrected chi connectivity index (χ0v) is 15.7. The lowest BCUT2D eigenvalue weighted by molar-refractivity contribution is 0.0946. The van der Waals surface area contributed by atoms with Gasteiger partial charge in [0.1, 0.15) is 10.7 Å². The predicted molar refractivity (Wildman–Crippen MR) is 97.5 cm³/mol. The normalized spacial score (nSPS) is 13.0. The first-order chi connectivity index (χ1) is 11.7. The minimum absolute atomic E-state index is 0.0332. The number of hydrogen-bond donors (Lipinski definition) is 3. The third kappa shape index (κ3) is 5.60. The third-order valence-electron chi connectivity index (χ3n) is 3.50. The highest BCUT2D eigenvalue weighted by atomic mass is 32.2. The molecular weight excluding hydrogens is 360 g/mol. The van der Waals surface area contributed by atoms with Crippen LogP contribution in [0, 0.1) is 5.92 Å². The lowest BCUT2D eigenvalue weighted by Crippen LogP contribution is -2.23. The van der Waals surface area contributed by atoms with Gasteiger partial charge in [-0.25, -0.2) is 18.5 Å². The molecule has 0 spiro atoms. The molecule has 2 rings (SSSR count). The maximum absolute atomic E-state index is 12.2. The summed E-state index contributed by atoms with van der Waals surface area (Å²) in [5, 5.41) is 10.2. The molecule has 7 nitrogen and oxygen atoms in total. The number of nitrogens with zero attached hydrogens (tertiary/aromatic N) is 1. The first-order valence-electron chi connectivity index (χ1n) is 7.77. The van der Waals surface area contributed by atoms with E-state index in [1.165, 1.54) is 23.5 Å². The van der Waals surface area contributed by atoms with E-state index in [1.807, 2.05) is 0 Å². The minimum atomic E-state index is -3.72. The molecule has 136 valence electrons. The molecule has 0 fully saturated rings. The van der Waals surface area contributed by atoms with Crippen molar-refractivity contribution in [3.63, 3.8) is 0 Å². The number of aromatic nitrogens is 1. The Morgan fingerprint density at radius 2 is 1.92 bits per heavy atom. The predicted octanol–water partition coefficient (Wildman–Crippen LogP) is 1.77. The first kappa shape index (κ1) is 19.5. The van der Waals surface area contributed by atoms with Crippen molar-refractivity contribution < 1.29 is 13.2 Å². The largest absolute Gasteiger partial charge is 0.347 e. The molecule has 0 aliphatic carbocycles. The molecule has 0 saturated heterocycles. The number of rotatable bonds is 7. The fraction of sp³-hybridized carbons (Fsp3) is 0.375. The second kappa shape index (κ2) is 8.05. The van der Waals surface area contributed by atoms with Crippen LogP contribution in [0.25, 0.3) is 0 Å².